The van der Waals surface area contributed by atoms with Crippen molar-refractivity contribution in [3.8, 4) is 0 Å². The molecule has 3 fully saturated rings. The maximum Gasteiger partial charge on any atom is 0.326 e. The molecule has 1 N–H and O–H groups in total. The summed E-state index contributed by atoms with van der Waals surface area (Å²) in [6.45, 7) is 7.50. The fourth-order valence-electron chi connectivity index (χ4n) is 6.30. The quantitative estimate of drug-likeness (QED) is 0.575. The molecule has 0 unspecified atom stereocenters. The topological polar surface area (TPSA) is 96.5 Å². The van der Waals surface area contributed by atoms with Crippen LogP contribution in [0.25, 0.3) is 0 Å². The molecule has 0 spiro atoms. The molecule has 2 amide bonds. The first-order valence-corrected chi connectivity index (χ1v) is 11.8. The Morgan fingerprint density at radius 3 is 2.52 bits per heavy atom. The maximum absolute atomic E-state index is 13.2. The fraction of sp³-hybridized carbons (Fsp3) is 0.700. The van der Waals surface area contributed by atoms with Crippen LogP contribution in [0.5, 0.6) is 0 Å². The minimum atomic E-state index is -0.541. The summed E-state index contributed by atoms with van der Waals surface area (Å²) in [7, 11) is 0. The first-order valence-electron chi connectivity index (χ1n) is 10.1. The van der Waals surface area contributed by atoms with Crippen LogP contribution >= 0.6 is 23.1 Å². The van der Waals surface area contributed by atoms with Gasteiger partial charge in [-0.25, -0.2) is 0 Å². The zero-order chi connectivity index (χ0) is 20.8. The van der Waals surface area contributed by atoms with E-state index in [0.29, 0.717) is 0 Å². The van der Waals surface area contributed by atoms with E-state index in [-0.39, 0.29) is 69.6 Å². The van der Waals surface area contributed by atoms with Crippen LogP contribution in [0, 0.1) is 29.6 Å². The number of rotatable bonds is 3. The van der Waals surface area contributed by atoms with Crippen LogP contribution in [0.2, 0.25) is 0 Å². The van der Waals surface area contributed by atoms with E-state index in [9.17, 15) is 19.2 Å². The number of ether oxygens (including phenoxy) is 1. The van der Waals surface area contributed by atoms with Crippen LogP contribution in [-0.2, 0) is 24.5 Å². The van der Waals surface area contributed by atoms with Gasteiger partial charge in [-0.05, 0) is 38.0 Å². The van der Waals surface area contributed by atoms with Gasteiger partial charge in [0.15, 0.2) is 0 Å². The lowest BCUT2D eigenvalue weighted by Gasteiger charge is -2.47. The zero-order valence-corrected chi connectivity index (χ0v) is 18.4. The summed E-state index contributed by atoms with van der Waals surface area (Å²) < 4.78 is 5.15. The number of hydrogen-bond acceptors (Lipinski definition) is 7. The van der Waals surface area contributed by atoms with Gasteiger partial charge in [0.1, 0.15) is 6.54 Å². The van der Waals surface area contributed by atoms with Crippen LogP contribution in [0.1, 0.15) is 39.0 Å². The lowest BCUT2D eigenvalue weighted by molar-refractivity contribution is -0.155. The van der Waals surface area contributed by atoms with Gasteiger partial charge in [0.05, 0.1) is 23.0 Å². The van der Waals surface area contributed by atoms with Crippen LogP contribution in [0.3, 0.4) is 0 Å². The van der Waals surface area contributed by atoms with Crippen molar-refractivity contribution in [3.63, 3.8) is 0 Å². The number of nitrogens with zero attached hydrogens (tertiary/aromatic N) is 1. The third-order valence-corrected chi connectivity index (χ3v) is 9.94. The lowest BCUT2D eigenvalue weighted by atomic mass is 9.64. The SMILES string of the molecule is CC(C)OC(=O)CN1C(=O)[C@H]2[C@@H]3C[C@H]([C@@H]2C1=O)[C@@H]1[C@@H]3Sc2[nH]c(=O)sc2C1(C)C. The van der Waals surface area contributed by atoms with E-state index in [2.05, 4.69) is 18.8 Å². The predicted octanol–water partition coefficient (Wildman–Crippen LogP) is 2.01. The highest BCUT2D eigenvalue weighted by atomic mass is 32.2. The Hall–Kier alpha value is -1.61. The second-order valence-electron chi connectivity index (χ2n) is 9.42. The number of nitrogens with one attached hydrogen (secondary N) is 1. The van der Waals surface area contributed by atoms with Gasteiger partial charge in [-0.3, -0.25) is 24.1 Å². The third-order valence-electron chi connectivity index (χ3n) is 7.14. The number of likely N-dealkylation sites (tertiary alicyclic amines) is 1. The molecule has 1 saturated heterocycles. The van der Waals surface area contributed by atoms with E-state index in [1.54, 1.807) is 25.6 Å². The van der Waals surface area contributed by atoms with Crippen molar-refractivity contribution in [2.75, 3.05) is 6.54 Å². The number of carbonyl (C=O) groups excluding carboxylic acids is 3. The number of aromatic amines is 1. The highest BCUT2D eigenvalue weighted by molar-refractivity contribution is 8.00. The highest BCUT2D eigenvalue weighted by Crippen LogP contribution is 2.68. The molecule has 2 saturated carbocycles. The molecule has 156 valence electrons. The fourth-order valence-corrected chi connectivity index (χ4v) is 9.45. The molecule has 9 heteroatoms. The number of imide groups is 1. The first-order chi connectivity index (χ1) is 13.6. The molecule has 2 aliphatic heterocycles. The Morgan fingerprint density at radius 1 is 1.21 bits per heavy atom. The zero-order valence-electron chi connectivity index (χ0n) is 16.8. The van der Waals surface area contributed by atoms with E-state index in [0.717, 1.165) is 21.2 Å². The van der Waals surface area contributed by atoms with Crippen molar-refractivity contribution in [2.24, 2.45) is 29.6 Å². The molecule has 0 aromatic carbocycles. The molecule has 1 aromatic heterocycles. The standard InChI is InChI=1S/C20H24N2O5S2/c1-7(2)27-10(23)6-22-17(24)11-8-5-9(12(11)18(22)25)14-13(8)20(3,4)15-16(28-14)21-19(26)29-15/h7-9,11-14H,5-6H2,1-4H3,(H,21,26)/t8-,9+,11+,12+,13-,14-/m1/s1. The Bertz CT molecular complexity index is 980. The average Bonchev–Trinajstić information content (AvgIpc) is 3.32. The largest absolute Gasteiger partial charge is 0.462 e. The second-order valence-corrected chi connectivity index (χ2v) is 11.6. The summed E-state index contributed by atoms with van der Waals surface area (Å²) >= 11 is 2.93. The van der Waals surface area contributed by atoms with Crippen molar-refractivity contribution in [3.05, 3.63) is 14.5 Å². The number of amides is 2. The Labute approximate surface area is 176 Å². The summed E-state index contributed by atoms with van der Waals surface area (Å²) in [6.07, 6.45) is 0.578. The number of hydrogen-bond donors (Lipinski definition) is 1. The van der Waals surface area contributed by atoms with Crippen LogP contribution in [-0.4, -0.2) is 45.6 Å². The van der Waals surface area contributed by atoms with Gasteiger partial charge < -0.3 is 9.72 Å². The number of H-pyrrole nitrogens is 1. The average molecular weight is 437 g/mol. The summed E-state index contributed by atoms with van der Waals surface area (Å²) in [6, 6.07) is 0. The number of thiazole rings is 1. The van der Waals surface area contributed by atoms with Gasteiger partial charge in [0, 0.05) is 15.5 Å². The molecule has 7 nitrogen and oxygen atoms in total. The Morgan fingerprint density at radius 2 is 1.86 bits per heavy atom. The van der Waals surface area contributed by atoms with Gasteiger partial charge in [-0.1, -0.05) is 25.2 Å². The number of aromatic nitrogens is 1. The molecular weight excluding hydrogens is 412 g/mol. The summed E-state index contributed by atoms with van der Waals surface area (Å²) in [5.74, 6) is -1.26. The van der Waals surface area contributed by atoms with Gasteiger partial charge in [0.2, 0.25) is 11.8 Å². The molecule has 0 radical (unpaired) electrons. The molecule has 29 heavy (non-hydrogen) atoms. The first kappa shape index (κ1) is 19.4. The molecule has 3 heterocycles. The number of fused-ring (bicyclic) bond motifs is 9. The summed E-state index contributed by atoms with van der Waals surface area (Å²) in [5, 5.41) is 1.12. The van der Waals surface area contributed by atoms with Crippen molar-refractivity contribution < 1.29 is 19.1 Å². The van der Waals surface area contributed by atoms with Crippen molar-refractivity contribution in [1.29, 1.82) is 0 Å². The summed E-state index contributed by atoms with van der Waals surface area (Å²) in [4.78, 5) is 55.5. The van der Waals surface area contributed by atoms with Gasteiger partial charge in [-0.2, -0.15) is 0 Å². The minimum absolute atomic E-state index is 0.0508. The monoisotopic (exact) mass is 436 g/mol. The van der Waals surface area contributed by atoms with Gasteiger partial charge >= 0.3 is 10.8 Å². The number of esters is 1. The van der Waals surface area contributed by atoms with E-state index < -0.39 is 5.97 Å². The maximum atomic E-state index is 13.2. The third kappa shape index (κ3) is 2.55. The van der Waals surface area contributed by atoms with Crippen molar-refractivity contribution >= 4 is 40.9 Å². The predicted molar refractivity (Wildman–Crippen MR) is 108 cm³/mol. The van der Waals surface area contributed by atoms with E-state index in [1.165, 1.54) is 11.3 Å². The molecule has 6 atom stereocenters. The second kappa shape index (κ2) is 6.20. The smallest absolute Gasteiger partial charge is 0.326 e. The lowest BCUT2D eigenvalue weighted by Crippen LogP contribution is -2.48. The van der Waals surface area contributed by atoms with E-state index in [1.807, 2.05) is 0 Å². The number of thioether (sulfide) groups is 1. The van der Waals surface area contributed by atoms with Crippen LogP contribution < -0.4 is 4.87 Å². The molecular formula is C20H24N2O5S2. The normalized spacial score (nSPS) is 36.4. The molecule has 2 aliphatic carbocycles. The van der Waals surface area contributed by atoms with Gasteiger partial charge in [0.25, 0.3) is 0 Å². The summed E-state index contributed by atoms with van der Waals surface area (Å²) in [5.41, 5.74) is -0.229. The van der Waals surface area contributed by atoms with E-state index in [4.69, 9.17) is 4.74 Å². The molecule has 1 aromatic rings. The highest BCUT2D eigenvalue weighted by Gasteiger charge is 2.70. The molecule has 5 rings (SSSR count). The Kier molecular flexibility index (Phi) is 4.14. The Balaban J connectivity index is 1.46. The molecule has 4 aliphatic rings. The number of carbonyl (C=O) groups is 3. The van der Waals surface area contributed by atoms with Gasteiger partial charge in [-0.15, -0.1) is 11.8 Å². The van der Waals surface area contributed by atoms with E-state index >= 15 is 0 Å². The van der Waals surface area contributed by atoms with Crippen LogP contribution in [0.4, 0.5) is 0 Å². The van der Waals surface area contributed by atoms with Crippen molar-refractivity contribution in [2.45, 2.75) is 55.9 Å². The minimum Gasteiger partial charge on any atom is -0.462 e. The molecule has 2 bridgehead atoms. The van der Waals surface area contributed by atoms with Crippen LogP contribution in [0.15, 0.2) is 9.82 Å². The van der Waals surface area contributed by atoms with Crippen molar-refractivity contribution in [1.82, 2.24) is 9.88 Å².